The second-order valence-electron chi connectivity index (χ2n) is 22.7. The lowest BCUT2D eigenvalue weighted by Crippen LogP contribution is -2.57. The van der Waals surface area contributed by atoms with Crippen molar-refractivity contribution in [3.8, 4) is 0 Å². The van der Waals surface area contributed by atoms with E-state index in [1.165, 1.54) is 12.0 Å². The minimum absolute atomic E-state index is 0.00463. The standard InChI is InChI=1S/C31H56BN3O9.C14H28BN3O5.BBr3/c1-19(2)21(34-25(38)41-27(3,4)5)23(36)33-20-18-35(26(39)42-28(6,7)8)22(24(37)40-14)31(20,13)16-15-17-32-43-29(9,10)30(11,12)44-32;1-8(2)10(16)12(19)18-9-7-17-11(13(20)21)14(9,3)5-4-6-15(22)23;2-1(3)4/h19-22H,15-18H2,1-14H3,(H,33,36)(H,34,38);8-11,17,22-23H,4-7,16H2,1-3H3,(H,18,19)(H,20,21);/t20-,21-,22+,31+;9-,10-,11+,14+;/m00./s1. The van der Waals surface area contributed by atoms with Crippen molar-refractivity contribution in [1.82, 2.24) is 26.2 Å². The van der Waals surface area contributed by atoms with Crippen molar-refractivity contribution < 1.29 is 67.4 Å². The Morgan fingerprint density at radius 2 is 1.31 bits per heavy atom. The lowest BCUT2D eigenvalue weighted by atomic mass is 9.71. The molecule has 3 fully saturated rings. The number of nitrogens with two attached hydrogens (primary N) is 1. The number of esters is 1. The predicted molar refractivity (Wildman–Crippen MR) is 286 cm³/mol. The van der Waals surface area contributed by atoms with Crippen molar-refractivity contribution in [3.63, 3.8) is 0 Å². The first-order valence-electron chi connectivity index (χ1n) is 24.2. The maximum absolute atomic E-state index is 13.7. The number of hydrogen-bond acceptors (Lipinski definition) is 15. The Morgan fingerprint density at radius 1 is 0.817 bits per heavy atom. The third kappa shape index (κ3) is 20.5. The number of carbonyl (C=O) groups excluding carboxylic acids is 5. The molecule has 0 bridgehead atoms. The quantitative estimate of drug-likeness (QED) is 0.0498. The molecular formula is C45H84B3Br3N6O14. The molecule has 3 aliphatic heterocycles. The van der Waals surface area contributed by atoms with Gasteiger partial charge in [0.15, 0.2) is 0 Å². The number of ether oxygens (including phenoxy) is 3. The van der Waals surface area contributed by atoms with Crippen LogP contribution in [0.25, 0.3) is 0 Å². The van der Waals surface area contributed by atoms with Gasteiger partial charge in [0.2, 0.25) is 11.8 Å². The van der Waals surface area contributed by atoms with E-state index in [0.717, 1.165) is 0 Å². The summed E-state index contributed by atoms with van der Waals surface area (Å²) in [6, 6.07) is -4.47. The summed E-state index contributed by atoms with van der Waals surface area (Å²) in [5.41, 5.74) is 1.63. The predicted octanol–water partition coefficient (Wildman–Crippen LogP) is 5.62. The zero-order chi connectivity index (χ0) is 55.4. The Kier molecular flexibility index (Phi) is 25.9. The number of halogens is 3. The molecule has 8 atom stereocenters. The van der Waals surface area contributed by atoms with Gasteiger partial charge < -0.3 is 65.7 Å². The van der Waals surface area contributed by atoms with Gasteiger partial charge in [-0.25, -0.2) is 14.4 Å². The van der Waals surface area contributed by atoms with Gasteiger partial charge in [0.05, 0.1) is 30.4 Å². The fraction of sp³-hybridized carbons (Fsp3) is 0.867. The Bertz CT molecular complexity index is 1770. The zero-order valence-corrected chi connectivity index (χ0v) is 49.8. The molecule has 0 unspecified atom stereocenters. The van der Waals surface area contributed by atoms with E-state index in [-0.39, 0.29) is 39.8 Å². The maximum Gasteiger partial charge on any atom is 0.457 e. The minimum Gasteiger partial charge on any atom is -0.480 e. The average Bonchev–Trinajstić information content (AvgIpc) is 3.74. The highest BCUT2D eigenvalue weighted by Crippen LogP contribution is 2.45. The van der Waals surface area contributed by atoms with Gasteiger partial charge in [-0.2, -0.15) is 0 Å². The molecule has 0 aliphatic carbocycles. The van der Waals surface area contributed by atoms with Gasteiger partial charge in [-0.1, -0.05) is 54.4 Å². The van der Waals surface area contributed by atoms with Crippen LogP contribution in [0.2, 0.25) is 12.6 Å². The molecule has 71 heavy (non-hydrogen) atoms. The number of amides is 4. The Hall–Kier alpha value is -2.19. The van der Waals surface area contributed by atoms with Crippen molar-refractivity contribution in [1.29, 1.82) is 0 Å². The monoisotopic (exact) mass is 1200 g/mol. The molecule has 0 saturated carbocycles. The summed E-state index contributed by atoms with van der Waals surface area (Å²) in [7, 11) is -0.593. The first-order valence-corrected chi connectivity index (χ1v) is 26.9. The molecule has 9 N–H and O–H groups in total. The van der Waals surface area contributed by atoms with E-state index in [4.69, 9.17) is 39.3 Å². The van der Waals surface area contributed by atoms with Gasteiger partial charge in [-0.3, -0.25) is 19.3 Å². The fourth-order valence-electron chi connectivity index (χ4n) is 8.59. The van der Waals surface area contributed by atoms with E-state index < -0.39 is 108 Å². The Balaban J connectivity index is 0.000000778. The van der Waals surface area contributed by atoms with Gasteiger partial charge in [-0.15, -0.1) is 47.3 Å². The molecule has 3 rings (SSSR count). The molecule has 0 aromatic carbocycles. The van der Waals surface area contributed by atoms with E-state index in [2.05, 4.69) is 68.5 Å². The maximum atomic E-state index is 13.7. The summed E-state index contributed by atoms with van der Waals surface area (Å²) in [5.74, 6) is -2.65. The van der Waals surface area contributed by atoms with Crippen molar-refractivity contribution >= 4 is 101 Å². The molecule has 20 nitrogen and oxygen atoms in total. The van der Waals surface area contributed by atoms with Crippen LogP contribution in [0.5, 0.6) is 0 Å². The van der Waals surface area contributed by atoms with Crippen LogP contribution in [0.15, 0.2) is 0 Å². The van der Waals surface area contributed by atoms with Crippen LogP contribution in [0.4, 0.5) is 9.59 Å². The number of hydrogen-bond donors (Lipinski definition) is 8. The highest BCUT2D eigenvalue weighted by molar-refractivity contribution is 9.69. The fourth-order valence-corrected chi connectivity index (χ4v) is 8.59. The van der Waals surface area contributed by atoms with Crippen LogP contribution in [0.1, 0.15) is 136 Å². The molecule has 3 heterocycles. The van der Waals surface area contributed by atoms with E-state index in [1.54, 1.807) is 48.5 Å². The number of rotatable bonds is 17. The Labute approximate surface area is 448 Å². The van der Waals surface area contributed by atoms with Gasteiger partial charge in [0, 0.05) is 30.0 Å². The first kappa shape index (κ1) is 66.8. The number of methoxy groups -OCH3 is 1. The molecule has 408 valence electrons. The summed E-state index contributed by atoms with van der Waals surface area (Å²) in [4.78, 5) is 78.1. The SMILES string of the molecule is BrB(Br)Br.CC(C)[C@H](N)C(=O)N[C@H]1CN[C@H](C(=O)O)[C@]1(C)CCCB(O)O.COC(=O)[C@H]1N(C(=O)OC(C)(C)C)C[C@H](NC(=O)[C@@H](NC(=O)OC(C)(C)C)C(C)C)[C@@]1(C)CCCB1OC(C)(C)C(C)(C)O1. The molecule has 0 spiro atoms. The number of nitrogens with one attached hydrogen (secondary N) is 4. The smallest absolute Gasteiger partial charge is 0.457 e. The third-order valence-electron chi connectivity index (χ3n) is 13.3. The molecule has 3 aliphatic rings. The number of alkyl carbamates (subject to hydrolysis) is 1. The summed E-state index contributed by atoms with van der Waals surface area (Å²) < 4.78 is 28.8. The lowest BCUT2D eigenvalue weighted by molar-refractivity contribution is -0.149. The van der Waals surface area contributed by atoms with Gasteiger partial charge in [0.1, 0.15) is 29.3 Å². The topological polar surface area (TPSA) is 287 Å². The van der Waals surface area contributed by atoms with Crippen LogP contribution < -0.4 is 27.0 Å². The van der Waals surface area contributed by atoms with Crippen molar-refractivity contribution in [2.24, 2.45) is 28.4 Å². The summed E-state index contributed by atoms with van der Waals surface area (Å²) in [6.45, 7) is 29.7. The second kappa shape index (κ2) is 27.6. The van der Waals surface area contributed by atoms with Gasteiger partial charge in [0.25, 0.3) is 0 Å². The van der Waals surface area contributed by atoms with Crippen LogP contribution in [0.3, 0.4) is 0 Å². The summed E-state index contributed by atoms with van der Waals surface area (Å²) in [5, 5.41) is 38.9. The van der Waals surface area contributed by atoms with Crippen LogP contribution in [-0.4, -0.2) is 152 Å². The largest absolute Gasteiger partial charge is 0.480 e. The normalized spacial score (nSPS) is 25.4. The molecule has 0 radical (unpaired) electrons. The van der Waals surface area contributed by atoms with Crippen molar-refractivity contribution in [2.45, 2.75) is 208 Å². The number of carboxylic acid groups (broad SMARTS) is 1. The number of aliphatic carboxylic acids is 1. The molecule has 0 aromatic heterocycles. The first-order chi connectivity index (χ1) is 32.2. The zero-order valence-electron chi connectivity index (χ0n) is 45.0. The van der Waals surface area contributed by atoms with Crippen molar-refractivity contribution in [2.75, 3.05) is 20.2 Å². The van der Waals surface area contributed by atoms with Gasteiger partial charge in [-0.05, 0) is 107 Å². The van der Waals surface area contributed by atoms with E-state index in [0.29, 0.717) is 38.5 Å². The Morgan fingerprint density at radius 3 is 1.75 bits per heavy atom. The summed E-state index contributed by atoms with van der Waals surface area (Å²) in [6.07, 6.45) is 1.18. The van der Waals surface area contributed by atoms with Gasteiger partial charge >= 0.3 is 41.5 Å². The molecule has 26 heteroatoms. The molecule has 3 saturated heterocycles. The minimum atomic E-state index is -1.42. The van der Waals surface area contributed by atoms with Crippen LogP contribution >= 0.6 is 47.3 Å². The van der Waals surface area contributed by atoms with Crippen LogP contribution in [0, 0.1) is 22.7 Å². The van der Waals surface area contributed by atoms with Crippen LogP contribution in [-0.2, 0) is 42.7 Å². The van der Waals surface area contributed by atoms with E-state index in [1.807, 2.05) is 62.3 Å². The molecular weight excluding hydrogens is 1120 g/mol. The average molecular weight is 1210 g/mol. The highest BCUT2D eigenvalue weighted by Gasteiger charge is 2.59. The number of nitrogens with zero attached hydrogens (tertiary/aromatic N) is 1. The highest BCUT2D eigenvalue weighted by atomic mass is 79.9. The second-order valence-corrected chi connectivity index (χ2v) is 29.1. The lowest BCUT2D eigenvalue weighted by Gasteiger charge is -2.37. The number of carboxylic acids is 1. The number of likely N-dealkylation sites (tertiary alicyclic amines) is 1. The molecule has 4 amide bonds. The van der Waals surface area contributed by atoms with Crippen molar-refractivity contribution in [3.05, 3.63) is 0 Å². The molecule has 0 aromatic rings. The van der Waals surface area contributed by atoms with E-state index in [9.17, 15) is 33.9 Å². The van der Waals surface area contributed by atoms with E-state index >= 15 is 0 Å². The number of carbonyl (C=O) groups is 6. The summed E-state index contributed by atoms with van der Waals surface area (Å²) >= 11 is 9.31. The third-order valence-corrected chi connectivity index (χ3v) is 13.3.